The molecule has 0 radical (unpaired) electrons. The van der Waals surface area contributed by atoms with Crippen LogP contribution in [0.5, 0.6) is 0 Å². The number of benzene rings is 2. The second kappa shape index (κ2) is 7.68. The highest BCUT2D eigenvalue weighted by Gasteiger charge is 2.10. The minimum absolute atomic E-state index is 0.146. The Labute approximate surface area is 151 Å². The number of rotatable bonds is 4. The molecular formula is C15H11Cl3INO. The number of carbonyl (C=O) groups is 1. The zero-order valence-electron chi connectivity index (χ0n) is 10.8. The standard InChI is InChI=1S/C15H11Cl3INO/c16-10-3-4-14(19)12(7-10)15(21)20-6-5-9-1-2-11(17)8-13(9)18/h1-4,7-8H,5-6H2,(H,20,21). The highest BCUT2D eigenvalue weighted by molar-refractivity contribution is 14.1. The van der Waals surface area contributed by atoms with Gasteiger partial charge in [-0.25, -0.2) is 0 Å². The van der Waals surface area contributed by atoms with E-state index in [4.69, 9.17) is 34.8 Å². The van der Waals surface area contributed by atoms with E-state index >= 15 is 0 Å². The van der Waals surface area contributed by atoms with E-state index in [0.717, 1.165) is 9.13 Å². The fraction of sp³-hybridized carbons (Fsp3) is 0.133. The van der Waals surface area contributed by atoms with Crippen molar-refractivity contribution in [2.75, 3.05) is 6.54 Å². The second-order valence-corrected chi connectivity index (χ2v) is 6.81. The van der Waals surface area contributed by atoms with Crippen molar-refractivity contribution in [2.24, 2.45) is 0 Å². The van der Waals surface area contributed by atoms with Gasteiger partial charge in [-0.1, -0.05) is 40.9 Å². The van der Waals surface area contributed by atoms with Crippen LogP contribution in [0.2, 0.25) is 15.1 Å². The smallest absolute Gasteiger partial charge is 0.252 e. The Morgan fingerprint density at radius 3 is 2.43 bits per heavy atom. The van der Waals surface area contributed by atoms with Gasteiger partial charge in [0, 0.05) is 25.2 Å². The van der Waals surface area contributed by atoms with Crippen LogP contribution in [-0.4, -0.2) is 12.5 Å². The normalized spacial score (nSPS) is 10.5. The summed E-state index contributed by atoms with van der Waals surface area (Å²) in [6.07, 6.45) is 0.638. The van der Waals surface area contributed by atoms with Crippen LogP contribution in [0.3, 0.4) is 0 Å². The van der Waals surface area contributed by atoms with Gasteiger partial charge in [0.1, 0.15) is 0 Å². The molecule has 110 valence electrons. The first-order valence-corrected chi connectivity index (χ1v) is 8.36. The second-order valence-electron chi connectivity index (χ2n) is 4.37. The van der Waals surface area contributed by atoms with Crippen LogP contribution in [0.1, 0.15) is 15.9 Å². The van der Waals surface area contributed by atoms with Crippen molar-refractivity contribution in [2.45, 2.75) is 6.42 Å². The summed E-state index contributed by atoms with van der Waals surface area (Å²) in [4.78, 5) is 12.1. The summed E-state index contributed by atoms with van der Waals surface area (Å²) in [7, 11) is 0. The predicted octanol–water partition coefficient (Wildman–Crippen LogP) is 5.22. The molecule has 1 N–H and O–H groups in total. The number of nitrogens with one attached hydrogen (secondary N) is 1. The first kappa shape index (κ1) is 16.9. The maximum atomic E-state index is 12.1. The average molecular weight is 455 g/mol. The third-order valence-electron chi connectivity index (χ3n) is 2.87. The first-order chi connectivity index (χ1) is 9.97. The molecule has 2 aromatic carbocycles. The molecule has 0 saturated heterocycles. The molecule has 0 aromatic heterocycles. The van der Waals surface area contributed by atoms with Crippen LogP contribution in [0, 0.1) is 3.57 Å². The highest BCUT2D eigenvalue weighted by Crippen LogP contribution is 2.21. The maximum absolute atomic E-state index is 12.1. The molecule has 0 heterocycles. The van der Waals surface area contributed by atoms with Crippen molar-refractivity contribution in [3.63, 3.8) is 0 Å². The Hall–Kier alpha value is -0.490. The molecule has 21 heavy (non-hydrogen) atoms. The predicted molar refractivity (Wildman–Crippen MR) is 96.7 cm³/mol. The summed E-state index contributed by atoms with van der Waals surface area (Å²) in [6, 6.07) is 10.6. The Morgan fingerprint density at radius 1 is 1.05 bits per heavy atom. The van der Waals surface area contributed by atoms with E-state index in [1.54, 1.807) is 24.3 Å². The lowest BCUT2D eigenvalue weighted by Gasteiger charge is -2.08. The van der Waals surface area contributed by atoms with E-state index in [-0.39, 0.29) is 5.91 Å². The van der Waals surface area contributed by atoms with E-state index in [9.17, 15) is 4.79 Å². The third-order valence-corrected chi connectivity index (χ3v) is 4.63. The zero-order valence-corrected chi connectivity index (χ0v) is 15.2. The summed E-state index contributed by atoms with van der Waals surface area (Å²) in [6.45, 7) is 0.489. The molecule has 0 aliphatic rings. The van der Waals surface area contributed by atoms with Gasteiger partial charge in [-0.05, 0) is 64.9 Å². The topological polar surface area (TPSA) is 29.1 Å². The SMILES string of the molecule is O=C(NCCc1ccc(Cl)cc1Cl)c1cc(Cl)ccc1I. The van der Waals surface area contributed by atoms with Gasteiger partial charge in [0.15, 0.2) is 0 Å². The van der Waals surface area contributed by atoms with E-state index in [2.05, 4.69) is 27.9 Å². The molecule has 2 nitrogen and oxygen atoms in total. The minimum Gasteiger partial charge on any atom is -0.352 e. The first-order valence-electron chi connectivity index (χ1n) is 6.14. The lowest BCUT2D eigenvalue weighted by molar-refractivity contribution is 0.0953. The van der Waals surface area contributed by atoms with Gasteiger partial charge >= 0.3 is 0 Å². The van der Waals surface area contributed by atoms with Gasteiger partial charge < -0.3 is 5.32 Å². The molecule has 0 atom stereocenters. The van der Waals surface area contributed by atoms with Crippen LogP contribution in [-0.2, 0) is 6.42 Å². The number of hydrogen-bond acceptors (Lipinski definition) is 1. The number of amides is 1. The third kappa shape index (κ3) is 4.74. The van der Waals surface area contributed by atoms with Crippen molar-refractivity contribution < 1.29 is 4.79 Å². The van der Waals surface area contributed by atoms with Crippen LogP contribution in [0.25, 0.3) is 0 Å². The van der Waals surface area contributed by atoms with Gasteiger partial charge in [0.05, 0.1) is 5.56 Å². The zero-order chi connectivity index (χ0) is 15.4. The fourth-order valence-electron chi connectivity index (χ4n) is 1.80. The van der Waals surface area contributed by atoms with Crippen molar-refractivity contribution in [3.8, 4) is 0 Å². The van der Waals surface area contributed by atoms with Gasteiger partial charge in [-0.15, -0.1) is 0 Å². The van der Waals surface area contributed by atoms with E-state index < -0.39 is 0 Å². The van der Waals surface area contributed by atoms with Gasteiger partial charge in [-0.3, -0.25) is 4.79 Å². The van der Waals surface area contributed by atoms with Gasteiger partial charge in [0.25, 0.3) is 5.91 Å². The molecule has 0 saturated carbocycles. The van der Waals surface area contributed by atoms with Crippen LogP contribution in [0.15, 0.2) is 36.4 Å². The number of halogens is 4. The molecule has 0 aliphatic heterocycles. The Balaban J connectivity index is 1.97. The molecule has 0 fully saturated rings. The van der Waals surface area contributed by atoms with Crippen LogP contribution in [0.4, 0.5) is 0 Å². The maximum Gasteiger partial charge on any atom is 0.252 e. The molecule has 6 heteroatoms. The summed E-state index contributed by atoms with van der Waals surface area (Å²) in [5.74, 6) is -0.146. The van der Waals surface area contributed by atoms with Gasteiger partial charge in [0.2, 0.25) is 0 Å². The Bertz CT molecular complexity index is 676. The fourth-order valence-corrected chi connectivity index (χ4v) is 3.06. The summed E-state index contributed by atoms with van der Waals surface area (Å²) in [5.41, 5.74) is 1.52. The quantitative estimate of drug-likeness (QED) is 0.631. The molecular weight excluding hydrogens is 443 g/mol. The van der Waals surface area contributed by atoms with Crippen LogP contribution >= 0.6 is 57.4 Å². The van der Waals surface area contributed by atoms with Crippen molar-refractivity contribution in [1.82, 2.24) is 5.32 Å². The summed E-state index contributed by atoms with van der Waals surface area (Å²) in [5, 5.41) is 4.61. The molecule has 2 aromatic rings. The molecule has 0 aliphatic carbocycles. The molecule has 2 rings (SSSR count). The van der Waals surface area contributed by atoms with Crippen LogP contribution < -0.4 is 5.32 Å². The summed E-state index contributed by atoms with van der Waals surface area (Å²) >= 11 is 20.0. The number of carbonyl (C=O) groups excluding carboxylic acids is 1. The lowest BCUT2D eigenvalue weighted by Crippen LogP contribution is -2.26. The van der Waals surface area contributed by atoms with Crippen molar-refractivity contribution >= 4 is 63.3 Å². The molecule has 0 spiro atoms. The summed E-state index contributed by atoms with van der Waals surface area (Å²) < 4.78 is 0.860. The monoisotopic (exact) mass is 453 g/mol. The number of hydrogen-bond donors (Lipinski definition) is 1. The lowest BCUT2D eigenvalue weighted by atomic mass is 10.1. The Kier molecular flexibility index (Phi) is 6.17. The highest BCUT2D eigenvalue weighted by atomic mass is 127. The van der Waals surface area contributed by atoms with Crippen molar-refractivity contribution in [1.29, 1.82) is 0 Å². The van der Waals surface area contributed by atoms with Crippen molar-refractivity contribution in [3.05, 3.63) is 66.2 Å². The molecule has 1 amide bonds. The Morgan fingerprint density at radius 2 is 1.71 bits per heavy atom. The molecule has 0 unspecified atom stereocenters. The van der Waals surface area contributed by atoms with Gasteiger partial charge in [-0.2, -0.15) is 0 Å². The van der Waals surface area contributed by atoms with E-state index in [0.29, 0.717) is 33.6 Å². The van der Waals surface area contributed by atoms with E-state index in [1.807, 2.05) is 12.1 Å². The molecule has 0 bridgehead atoms. The average Bonchev–Trinajstić information content (AvgIpc) is 2.43. The largest absolute Gasteiger partial charge is 0.352 e. The minimum atomic E-state index is -0.146. The van der Waals surface area contributed by atoms with E-state index in [1.165, 1.54) is 0 Å².